The Morgan fingerprint density at radius 1 is 1.45 bits per heavy atom. The first-order valence-corrected chi connectivity index (χ1v) is 7.84. The largest absolute Gasteiger partial charge is 0.354 e. The van der Waals surface area contributed by atoms with Crippen molar-refractivity contribution in [2.75, 3.05) is 18.0 Å². The fraction of sp³-hybridized carbons (Fsp3) is 0.500. The molecule has 1 fully saturated rings. The van der Waals surface area contributed by atoms with E-state index in [1.165, 1.54) is 4.88 Å². The summed E-state index contributed by atoms with van der Waals surface area (Å²) >= 11 is 1.70. The summed E-state index contributed by atoms with van der Waals surface area (Å²) in [4.78, 5) is 25.1. The van der Waals surface area contributed by atoms with Crippen molar-refractivity contribution in [2.45, 2.75) is 32.7 Å². The average Bonchev–Trinajstić information content (AvgIpc) is 3.06. The number of fused-ring (bicyclic) bond motifs is 1. The molecule has 0 aromatic carbocycles. The Morgan fingerprint density at radius 2 is 2.30 bits per heavy atom. The Bertz CT molecular complexity index is 639. The van der Waals surface area contributed by atoms with Gasteiger partial charge in [-0.25, -0.2) is 9.97 Å². The summed E-state index contributed by atoms with van der Waals surface area (Å²) < 4.78 is 0. The Labute approximate surface area is 122 Å². The highest BCUT2D eigenvalue weighted by atomic mass is 32.1. The van der Waals surface area contributed by atoms with E-state index in [-0.39, 0.29) is 11.9 Å². The Balaban J connectivity index is 2.06. The first-order chi connectivity index (χ1) is 9.74. The number of hydrogen-bond acceptors (Lipinski definition) is 5. The van der Waals surface area contributed by atoms with Gasteiger partial charge >= 0.3 is 0 Å². The van der Waals surface area contributed by atoms with E-state index in [9.17, 15) is 4.79 Å². The fourth-order valence-electron chi connectivity index (χ4n) is 2.69. The monoisotopic (exact) mass is 290 g/mol. The summed E-state index contributed by atoms with van der Waals surface area (Å²) in [6.45, 7) is 5.71. The van der Waals surface area contributed by atoms with Crippen LogP contribution in [-0.4, -0.2) is 35.0 Å². The zero-order valence-corrected chi connectivity index (χ0v) is 12.5. The van der Waals surface area contributed by atoms with Crippen LogP contribution in [0.5, 0.6) is 0 Å². The number of hydrogen-bond donors (Lipinski definition) is 1. The lowest BCUT2D eigenvalue weighted by atomic mass is 10.2. The molecule has 1 saturated heterocycles. The number of nitrogens with zero attached hydrogens (tertiary/aromatic N) is 3. The summed E-state index contributed by atoms with van der Waals surface area (Å²) in [7, 11) is 0. The van der Waals surface area contributed by atoms with Gasteiger partial charge in [0.15, 0.2) is 0 Å². The van der Waals surface area contributed by atoms with Crippen LogP contribution in [0.15, 0.2) is 12.4 Å². The molecule has 1 aliphatic rings. The topological polar surface area (TPSA) is 58.1 Å². The number of nitrogens with one attached hydrogen (secondary N) is 1. The molecule has 1 unspecified atom stereocenters. The Morgan fingerprint density at radius 3 is 2.95 bits per heavy atom. The van der Waals surface area contributed by atoms with Crippen LogP contribution in [0.3, 0.4) is 0 Å². The van der Waals surface area contributed by atoms with Crippen LogP contribution in [-0.2, 0) is 11.2 Å². The maximum Gasteiger partial charge on any atom is 0.242 e. The summed E-state index contributed by atoms with van der Waals surface area (Å²) in [5, 5.41) is 3.96. The van der Waals surface area contributed by atoms with Crippen LogP contribution >= 0.6 is 11.3 Å². The maximum absolute atomic E-state index is 12.0. The molecule has 1 N–H and O–H groups in total. The normalized spacial score (nSPS) is 18.5. The van der Waals surface area contributed by atoms with Crippen molar-refractivity contribution in [3.63, 3.8) is 0 Å². The molecule has 5 nitrogen and oxygen atoms in total. The first-order valence-electron chi connectivity index (χ1n) is 7.02. The van der Waals surface area contributed by atoms with Crippen LogP contribution in [0.4, 0.5) is 5.82 Å². The Hall–Kier alpha value is -1.69. The van der Waals surface area contributed by atoms with Crippen LogP contribution in [0, 0.1) is 0 Å². The molecule has 20 heavy (non-hydrogen) atoms. The van der Waals surface area contributed by atoms with E-state index in [1.807, 2.05) is 0 Å². The minimum atomic E-state index is -0.108. The molecule has 3 rings (SSSR count). The van der Waals surface area contributed by atoms with Crippen molar-refractivity contribution in [2.24, 2.45) is 0 Å². The van der Waals surface area contributed by atoms with Crippen molar-refractivity contribution in [1.29, 1.82) is 0 Å². The summed E-state index contributed by atoms with van der Waals surface area (Å²) in [6, 6.07) is 2.05. The molecule has 106 valence electrons. The number of aromatic nitrogens is 2. The number of rotatable bonds is 4. The highest BCUT2D eigenvalue weighted by molar-refractivity contribution is 7.18. The minimum Gasteiger partial charge on any atom is -0.354 e. The van der Waals surface area contributed by atoms with E-state index in [0.29, 0.717) is 0 Å². The lowest BCUT2D eigenvalue weighted by Gasteiger charge is -2.27. The molecule has 0 bridgehead atoms. The molecule has 2 aromatic heterocycles. The van der Waals surface area contributed by atoms with E-state index in [4.69, 9.17) is 0 Å². The molecule has 0 radical (unpaired) electrons. The molecule has 0 aliphatic carbocycles. The number of aryl methyl sites for hydroxylation is 1. The quantitative estimate of drug-likeness (QED) is 0.935. The number of carbonyl (C=O) groups is 1. The van der Waals surface area contributed by atoms with E-state index >= 15 is 0 Å². The smallest absolute Gasteiger partial charge is 0.242 e. The summed E-state index contributed by atoms with van der Waals surface area (Å²) in [6.07, 6.45) is 3.43. The van der Waals surface area contributed by atoms with E-state index in [1.54, 1.807) is 17.7 Å². The lowest BCUT2D eigenvalue weighted by Crippen LogP contribution is -2.41. The highest BCUT2D eigenvalue weighted by Gasteiger charge is 2.31. The van der Waals surface area contributed by atoms with E-state index < -0.39 is 0 Å². The molecule has 2 aromatic rings. The van der Waals surface area contributed by atoms with Gasteiger partial charge in [0, 0.05) is 18.0 Å². The molecule has 1 amide bonds. The van der Waals surface area contributed by atoms with Crippen molar-refractivity contribution in [3.05, 3.63) is 17.3 Å². The molecule has 1 atom stereocenters. The van der Waals surface area contributed by atoms with Gasteiger partial charge in [-0.15, -0.1) is 11.3 Å². The second-order valence-electron chi connectivity index (χ2n) is 4.86. The van der Waals surface area contributed by atoms with E-state index in [2.05, 4.69) is 40.1 Å². The molecular weight excluding hydrogens is 272 g/mol. The van der Waals surface area contributed by atoms with Gasteiger partial charge in [-0.3, -0.25) is 4.79 Å². The van der Waals surface area contributed by atoms with Crippen molar-refractivity contribution in [1.82, 2.24) is 15.3 Å². The molecule has 3 heterocycles. The molecule has 0 saturated carbocycles. The van der Waals surface area contributed by atoms with Gasteiger partial charge in [-0.2, -0.15) is 0 Å². The van der Waals surface area contributed by atoms with Crippen LogP contribution < -0.4 is 10.2 Å². The molecule has 1 aliphatic heterocycles. The van der Waals surface area contributed by atoms with Gasteiger partial charge in [-0.1, -0.05) is 6.92 Å². The number of anilines is 1. The van der Waals surface area contributed by atoms with Gasteiger partial charge in [0.1, 0.15) is 23.0 Å². The third-order valence-corrected chi connectivity index (χ3v) is 4.90. The van der Waals surface area contributed by atoms with Gasteiger partial charge < -0.3 is 10.2 Å². The number of carbonyl (C=O) groups excluding carboxylic acids is 1. The number of amides is 1. The zero-order valence-electron chi connectivity index (χ0n) is 11.7. The predicted octanol–water partition coefficient (Wildman–Crippen LogP) is 1.97. The SMILES string of the molecule is CCc1cc2c(N(CC)C3CCNC3=O)ncnc2s1. The van der Waals surface area contributed by atoms with Crippen molar-refractivity contribution >= 4 is 33.3 Å². The summed E-state index contributed by atoms with van der Waals surface area (Å²) in [5.41, 5.74) is 0. The first kappa shape index (κ1) is 13.3. The lowest BCUT2D eigenvalue weighted by molar-refractivity contribution is -0.120. The van der Waals surface area contributed by atoms with Gasteiger partial charge in [0.05, 0.1) is 5.39 Å². The Kier molecular flexibility index (Phi) is 3.56. The van der Waals surface area contributed by atoms with Crippen molar-refractivity contribution in [3.8, 4) is 0 Å². The van der Waals surface area contributed by atoms with Gasteiger partial charge in [-0.05, 0) is 25.8 Å². The number of likely N-dealkylation sites (N-methyl/N-ethyl adjacent to an activating group) is 1. The standard InChI is InChI=1S/C14H18N4OS/c1-3-9-7-10-12(16-8-17-14(10)20-9)18(4-2)11-5-6-15-13(11)19/h7-8,11H,3-6H2,1-2H3,(H,15,19). The van der Waals surface area contributed by atoms with Crippen LogP contribution in [0.25, 0.3) is 10.2 Å². The maximum atomic E-state index is 12.0. The molecule has 0 spiro atoms. The zero-order chi connectivity index (χ0) is 14.1. The second kappa shape index (κ2) is 5.36. The highest BCUT2D eigenvalue weighted by Crippen LogP contribution is 2.32. The summed E-state index contributed by atoms with van der Waals surface area (Å²) in [5.74, 6) is 0.986. The third kappa shape index (κ3) is 2.14. The van der Waals surface area contributed by atoms with Crippen LogP contribution in [0.1, 0.15) is 25.1 Å². The van der Waals surface area contributed by atoms with Gasteiger partial charge in [0.25, 0.3) is 0 Å². The van der Waals surface area contributed by atoms with E-state index in [0.717, 1.165) is 42.0 Å². The molecule has 6 heteroatoms. The fourth-order valence-corrected chi connectivity index (χ4v) is 3.62. The molecular formula is C14H18N4OS. The van der Waals surface area contributed by atoms with Crippen molar-refractivity contribution < 1.29 is 4.79 Å². The average molecular weight is 290 g/mol. The van der Waals surface area contributed by atoms with Gasteiger partial charge in [0.2, 0.25) is 5.91 Å². The predicted molar refractivity (Wildman–Crippen MR) is 81.2 cm³/mol. The third-order valence-electron chi connectivity index (χ3n) is 3.72. The second-order valence-corrected chi connectivity index (χ2v) is 5.98. The minimum absolute atomic E-state index is 0.101. The number of thiophene rings is 1. The van der Waals surface area contributed by atoms with Crippen LogP contribution in [0.2, 0.25) is 0 Å².